The van der Waals surface area contributed by atoms with E-state index in [1.807, 2.05) is 0 Å². The average Bonchev–Trinajstić information content (AvgIpc) is 3.09. The van der Waals surface area contributed by atoms with Gasteiger partial charge in [0.25, 0.3) is 0 Å². The molecule has 4 saturated carbocycles. The highest BCUT2D eigenvalue weighted by Gasteiger charge is 2.69. The Labute approximate surface area is 327 Å². The van der Waals surface area contributed by atoms with Gasteiger partial charge in [0, 0.05) is 0 Å². The van der Waals surface area contributed by atoms with Crippen molar-refractivity contribution in [2.75, 3.05) is 6.61 Å². The van der Waals surface area contributed by atoms with Crippen molar-refractivity contribution in [3.8, 4) is 0 Å². The van der Waals surface area contributed by atoms with Crippen LogP contribution in [0.25, 0.3) is 0 Å². The lowest BCUT2D eigenvalue weighted by molar-refractivity contribution is -0.345. The molecule has 0 aromatic rings. The maximum Gasteiger partial charge on any atom is 0.337 e. The second-order valence-corrected chi connectivity index (χ2v) is 19.9. The molecule has 0 aromatic carbocycles. The number of aliphatic hydroxyl groups excluding tert-OH is 3. The molecule has 6 aliphatic rings. The second-order valence-electron chi connectivity index (χ2n) is 19.9. The normalized spacial score (nSPS) is 45.0. The van der Waals surface area contributed by atoms with Crippen molar-refractivity contribution in [1.82, 2.24) is 0 Å². The molecule has 7 N–H and O–H groups in total. The van der Waals surface area contributed by atoms with Gasteiger partial charge in [-0.3, -0.25) is 4.79 Å². The van der Waals surface area contributed by atoms with Crippen molar-refractivity contribution in [2.24, 2.45) is 50.2 Å². The highest BCUT2D eigenvalue weighted by Crippen LogP contribution is 2.76. The maximum absolute atomic E-state index is 13.0. The fraction of sp³-hybridized carbons (Fsp3) is 0.854. The fourth-order valence-corrected chi connectivity index (χ4v) is 12.9. The molecule has 6 rings (SSSR count). The lowest BCUT2D eigenvalue weighted by Gasteiger charge is -2.71. The fourth-order valence-electron chi connectivity index (χ4n) is 12.9. The summed E-state index contributed by atoms with van der Waals surface area (Å²) in [5.74, 6) is -5.22. The number of carbonyl (C=O) groups is 4. The predicted octanol–water partition coefficient (Wildman–Crippen LogP) is 4.05. The molecular weight excluding hydrogens is 732 g/mol. The van der Waals surface area contributed by atoms with E-state index in [2.05, 4.69) is 54.5 Å². The zero-order valence-electron chi connectivity index (χ0n) is 33.6. The number of fused-ring (bicyclic) bond motifs is 7. The third-order valence-electron chi connectivity index (χ3n) is 16.3. The molecule has 9 unspecified atom stereocenters. The molecule has 15 atom stereocenters. The number of allylic oxidation sites excluding steroid dienone is 2. The molecule has 0 spiro atoms. The zero-order chi connectivity index (χ0) is 41.6. The smallest absolute Gasteiger partial charge is 0.337 e. The second kappa shape index (κ2) is 14.6. The number of ether oxygens (including phenoxy) is 4. The first kappa shape index (κ1) is 42.9. The number of carboxylic acids is 4. The molecule has 1 aliphatic heterocycles. The molecule has 1 heterocycles. The summed E-state index contributed by atoms with van der Waals surface area (Å²) in [5, 5.41) is 71.6. The standard InChI is InChI=1S/C41H62O15/c1-36(2)14-16-41(35(51)52)17-15-39(6)20(21(41)18-36)8-9-23-38(5)12-11-24(37(3,4)22(38)10-13-40(23,39)7)54-34-27(45)29(26(44)30(56-34)32(49)50)55-33(28(46)31(47)48)53-19-25(42)43/h8,21-24,26-30,33-34,44-46H,9-19H2,1-7H3,(H,42,43)(H,47,48)(H,49,50)(H,51,52)/t21-,22?,23?,24-,26?,27?,28?,29?,30?,33?,34?,38-,39+,40+,41-/m0/s1. The van der Waals surface area contributed by atoms with E-state index >= 15 is 0 Å². The van der Waals surface area contributed by atoms with Crippen LogP contribution < -0.4 is 0 Å². The Kier molecular flexibility index (Phi) is 11.2. The Morgan fingerprint density at radius 1 is 0.857 bits per heavy atom. The van der Waals surface area contributed by atoms with Crippen molar-refractivity contribution < 1.29 is 73.9 Å². The van der Waals surface area contributed by atoms with Crippen LogP contribution in [-0.4, -0.2) is 115 Å². The number of rotatable bonds is 11. The molecule has 5 aliphatic carbocycles. The van der Waals surface area contributed by atoms with Crippen LogP contribution >= 0.6 is 0 Å². The maximum atomic E-state index is 13.0. The average molecular weight is 795 g/mol. The third-order valence-corrected chi connectivity index (χ3v) is 16.3. The van der Waals surface area contributed by atoms with Gasteiger partial charge in [-0.15, -0.1) is 0 Å². The minimum atomic E-state index is -2.44. The first-order chi connectivity index (χ1) is 25.9. The largest absolute Gasteiger partial charge is 0.481 e. The molecule has 56 heavy (non-hydrogen) atoms. The first-order valence-corrected chi connectivity index (χ1v) is 20.1. The van der Waals surface area contributed by atoms with Crippen LogP contribution in [0.15, 0.2) is 11.6 Å². The van der Waals surface area contributed by atoms with E-state index < -0.39 is 90.5 Å². The van der Waals surface area contributed by atoms with Crippen LogP contribution in [0.3, 0.4) is 0 Å². The van der Waals surface area contributed by atoms with E-state index in [1.54, 1.807) is 0 Å². The predicted molar refractivity (Wildman–Crippen MR) is 196 cm³/mol. The summed E-state index contributed by atoms with van der Waals surface area (Å²) in [4.78, 5) is 48.0. The Morgan fingerprint density at radius 3 is 2.12 bits per heavy atom. The van der Waals surface area contributed by atoms with E-state index in [1.165, 1.54) is 5.57 Å². The van der Waals surface area contributed by atoms with Crippen molar-refractivity contribution in [3.05, 3.63) is 11.6 Å². The zero-order valence-corrected chi connectivity index (χ0v) is 33.6. The Bertz CT molecular complexity index is 1610. The van der Waals surface area contributed by atoms with Crippen molar-refractivity contribution in [3.63, 3.8) is 0 Å². The number of carboxylic acid groups (broad SMARTS) is 4. The van der Waals surface area contributed by atoms with Gasteiger partial charge in [-0.25, -0.2) is 14.4 Å². The number of hydrogen-bond acceptors (Lipinski definition) is 11. The summed E-state index contributed by atoms with van der Waals surface area (Å²) in [6.45, 7) is 14.8. The number of hydrogen-bond donors (Lipinski definition) is 7. The molecule has 0 amide bonds. The highest BCUT2D eigenvalue weighted by atomic mass is 16.7. The molecule has 316 valence electrons. The Morgan fingerprint density at radius 2 is 1.52 bits per heavy atom. The van der Waals surface area contributed by atoms with E-state index in [0.29, 0.717) is 25.2 Å². The lowest BCUT2D eigenvalue weighted by Crippen LogP contribution is -2.66. The topological polar surface area (TPSA) is 247 Å². The Balaban J connectivity index is 1.25. The SMILES string of the molecule is CC1(C)CC[C@]2(C(=O)O)CC[C@]3(C)C(=CCC4[C@@]5(C)CC[C@H](OC6OC(C(=O)O)C(O)C(OC(OCC(=O)O)C(O)C(=O)O)C6O)C(C)(C)C5CC[C@]43C)[C@@H]2C1. The lowest BCUT2D eigenvalue weighted by atomic mass is 9.33. The molecule has 0 radical (unpaired) electrons. The van der Waals surface area contributed by atoms with Gasteiger partial charge in [-0.1, -0.05) is 60.1 Å². The summed E-state index contributed by atoms with van der Waals surface area (Å²) in [7, 11) is 0. The Hall–Kier alpha value is -2.66. The highest BCUT2D eigenvalue weighted by molar-refractivity contribution is 5.77. The molecule has 15 nitrogen and oxygen atoms in total. The summed E-state index contributed by atoms with van der Waals surface area (Å²) >= 11 is 0. The van der Waals surface area contributed by atoms with Crippen LogP contribution in [0.1, 0.15) is 113 Å². The molecule has 1 saturated heterocycles. The summed E-state index contributed by atoms with van der Waals surface area (Å²) in [6.07, 6.45) is -4.44. The summed E-state index contributed by atoms with van der Waals surface area (Å²) in [6, 6.07) is 0. The molecule has 0 aromatic heterocycles. The number of aliphatic carboxylic acids is 4. The first-order valence-electron chi connectivity index (χ1n) is 20.1. The third kappa shape index (κ3) is 6.70. The van der Waals surface area contributed by atoms with Gasteiger partial charge in [-0.2, -0.15) is 0 Å². The van der Waals surface area contributed by atoms with E-state index in [-0.39, 0.29) is 33.5 Å². The van der Waals surface area contributed by atoms with Crippen molar-refractivity contribution >= 4 is 23.9 Å². The summed E-state index contributed by atoms with van der Waals surface area (Å²) in [5.41, 5.74) is -0.246. The van der Waals surface area contributed by atoms with Crippen LogP contribution in [-0.2, 0) is 38.1 Å². The van der Waals surface area contributed by atoms with Gasteiger partial charge in [-0.05, 0) is 109 Å². The number of aliphatic hydroxyl groups is 3. The van der Waals surface area contributed by atoms with Gasteiger partial charge < -0.3 is 54.7 Å². The van der Waals surface area contributed by atoms with E-state index in [4.69, 9.17) is 24.1 Å². The van der Waals surface area contributed by atoms with Crippen LogP contribution in [0.5, 0.6) is 0 Å². The van der Waals surface area contributed by atoms with E-state index in [9.17, 15) is 49.8 Å². The minimum absolute atomic E-state index is 0.000609. The molecule has 15 heteroatoms. The van der Waals surface area contributed by atoms with Gasteiger partial charge in [0.05, 0.1) is 11.5 Å². The van der Waals surface area contributed by atoms with Gasteiger partial charge in [0.1, 0.15) is 24.9 Å². The van der Waals surface area contributed by atoms with Crippen molar-refractivity contribution in [2.45, 2.75) is 162 Å². The van der Waals surface area contributed by atoms with Crippen molar-refractivity contribution in [1.29, 1.82) is 0 Å². The monoisotopic (exact) mass is 794 g/mol. The minimum Gasteiger partial charge on any atom is -0.481 e. The molecule has 5 fully saturated rings. The van der Waals surface area contributed by atoms with Crippen LogP contribution in [0.2, 0.25) is 0 Å². The molecule has 0 bridgehead atoms. The van der Waals surface area contributed by atoms with Gasteiger partial charge in [0.15, 0.2) is 18.7 Å². The van der Waals surface area contributed by atoms with Crippen LogP contribution in [0.4, 0.5) is 0 Å². The van der Waals surface area contributed by atoms with E-state index in [0.717, 1.165) is 44.9 Å². The van der Waals surface area contributed by atoms with Gasteiger partial charge >= 0.3 is 23.9 Å². The quantitative estimate of drug-likeness (QED) is 0.0886. The summed E-state index contributed by atoms with van der Waals surface area (Å²) < 4.78 is 22.5. The van der Waals surface area contributed by atoms with Gasteiger partial charge in [0.2, 0.25) is 6.10 Å². The van der Waals surface area contributed by atoms with Crippen LogP contribution in [0, 0.1) is 50.2 Å². The molecular formula is C41H62O15.